The molecule has 140 valence electrons. The molecule has 0 radical (unpaired) electrons. The highest BCUT2D eigenvalue weighted by Crippen LogP contribution is 2.19. The Kier molecular flexibility index (Phi) is 5.13. The number of fused-ring (bicyclic) bond motifs is 1. The number of hydrogen-bond acceptors (Lipinski definition) is 6. The van der Waals surface area contributed by atoms with Crippen molar-refractivity contribution in [3.63, 3.8) is 0 Å². The number of hydrogen-bond donors (Lipinski definition) is 2. The molecule has 1 saturated heterocycles. The van der Waals surface area contributed by atoms with Crippen LogP contribution < -0.4 is 15.5 Å². The second kappa shape index (κ2) is 8.03. The Morgan fingerprint density at radius 3 is 2.81 bits per heavy atom. The van der Waals surface area contributed by atoms with Gasteiger partial charge >= 0.3 is 0 Å². The second-order valence-electron chi connectivity index (χ2n) is 6.59. The molecule has 0 atom stereocenters. The second-order valence-corrected chi connectivity index (χ2v) is 6.59. The minimum absolute atomic E-state index is 0.0413. The largest absolute Gasteiger partial charge is 0.368 e. The van der Waals surface area contributed by atoms with Crippen molar-refractivity contribution in [2.24, 2.45) is 0 Å². The molecule has 0 aliphatic carbocycles. The number of aromatic nitrogens is 4. The summed E-state index contributed by atoms with van der Waals surface area (Å²) in [6.45, 7) is 3.49. The molecule has 0 unspecified atom stereocenters. The van der Waals surface area contributed by atoms with Crippen LogP contribution in [0.3, 0.4) is 0 Å². The third kappa shape index (κ3) is 4.16. The van der Waals surface area contributed by atoms with E-state index >= 15 is 0 Å². The lowest BCUT2D eigenvalue weighted by atomic mass is 10.3. The van der Waals surface area contributed by atoms with Crippen LogP contribution in [0, 0.1) is 0 Å². The first-order valence-corrected chi connectivity index (χ1v) is 9.27. The van der Waals surface area contributed by atoms with Gasteiger partial charge in [0.1, 0.15) is 24.5 Å². The fourth-order valence-corrected chi connectivity index (χ4v) is 3.30. The lowest BCUT2D eigenvalue weighted by molar-refractivity contribution is -0.121. The molecule has 1 amide bonds. The molecule has 1 aliphatic rings. The smallest absolute Gasteiger partial charge is 0.240 e. The van der Waals surface area contributed by atoms with Gasteiger partial charge in [-0.3, -0.25) is 4.79 Å². The average Bonchev–Trinajstić information content (AvgIpc) is 3.36. The van der Waals surface area contributed by atoms with Crippen molar-refractivity contribution in [3.05, 3.63) is 43.0 Å². The number of anilines is 2. The number of carbonyl (C=O) groups is 1. The van der Waals surface area contributed by atoms with Crippen molar-refractivity contribution in [1.82, 2.24) is 24.8 Å². The van der Waals surface area contributed by atoms with E-state index in [9.17, 15) is 4.79 Å². The predicted molar refractivity (Wildman–Crippen MR) is 105 cm³/mol. The summed E-state index contributed by atoms with van der Waals surface area (Å²) >= 11 is 0. The number of rotatable bonds is 7. The molecule has 1 aromatic carbocycles. The van der Waals surface area contributed by atoms with E-state index in [4.69, 9.17) is 0 Å². The molecule has 0 bridgehead atoms. The molecule has 2 aromatic heterocycles. The molecule has 8 heteroatoms. The van der Waals surface area contributed by atoms with Gasteiger partial charge in [0.05, 0.1) is 17.4 Å². The summed E-state index contributed by atoms with van der Waals surface area (Å²) in [4.78, 5) is 27.3. The number of nitrogens with zero attached hydrogens (tertiary/aromatic N) is 5. The Labute approximate surface area is 157 Å². The van der Waals surface area contributed by atoms with Crippen LogP contribution in [0.15, 0.2) is 43.0 Å². The average molecular weight is 365 g/mol. The van der Waals surface area contributed by atoms with Crippen molar-refractivity contribution in [2.45, 2.75) is 19.4 Å². The van der Waals surface area contributed by atoms with Gasteiger partial charge in [0, 0.05) is 32.2 Å². The minimum atomic E-state index is -0.0413. The van der Waals surface area contributed by atoms with E-state index in [0.717, 1.165) is 35.8 Å². The summed E-state index contributed by atoms with van der Waals surface area (Å²) in [6, 6.07) is 9.74. The first kappa shape index (κ1) is 17.3. The van der Waals surface area contributed by atoms with Gasteiger partial charge in [0.15, 0.2) is 0 Å². The highest BCUT2D eigenvalue weighted by molar-refractivity contribution is 5.80. The molecular weight excluding hydrogens is 342 g/mol. The number of carbonyl (C=O) groups excluding carboxylic acids is 1. The first-order valence-electron chi connectivity index (χ1n) is 9.27. The van der Waals surface area contributed by atoms with Gasteiger partial charge in [0.25, 0.3) is 0 Å². The number of amides is 1. The van der Waals surface area contributed by atoms with Gasteiger partial charge in [-0.25, -0.2) is 15.0 Å². The molecule has 4 rings (SSSR count). The standard InChI is InChI=1S/C19H23N7O/c27-19(12-26-14-24-15-5-1-2-6-16(15)26)21-8-7-20-17-11-18(23-13-22-17)25-9-3-4-10-25/h1-2,5-6,11,13-14H,3-4,7-10,12H2,(H,21,27)(H,20,22,23). The maximum atomic E-state index is 12.2. The topological polar surface area (TPSA) is 88.0 Å². The normalized spacial score (nSPS) is 13.9. The number of para-hydroxylation sites is 2. The van der Waals surface area contributed by atoms with Crippen molar-refractivity contribution >= 4 is 28.6 Å². The maximum absolute atomic E-state index is 12.2. The van der Waals surface area contributed by atoms with Gasteiger partial charge in [-0.1, -0.05) is 12.1 Å². The van der Waals surface area contributed by atoms with Crippen LogP contribution in [0.25, 0.3) is 11.0 Å². The first-order chi connectivity index (χ1) is 13.3. The molecule has 1 aliphatic heterocycles. The Hall–Kier alpha value is -3.16. The quantitative estimate of drug-likeness (QED) is 0.619. The summed E-state index contributed by atoms with van der Waals surface area (Å²) in [5.41, 5.74) is 1.85. The Morgan fingerprint density at radius 1 is 1.07 bits per heavy atom. The van der Waals surface area contributed by atoms with Crippen LogP contribution in [0.1, 0.15) is 12.8 Å². The zero-order chi connectivity index (χ0) is 18.5. The Balaban J connectivity index is 1.24. The molecule has 3 heterocycles. The van der Waals surface area contributed by atoms with E-state index in [-0.39, 0.29) is 12.5 Å². The monoisotopic (exact) mass is 365 g/mol. The van der Waals surface area contributed by atoms with E-state index in [1.807, 2.05) is 34.9 Å². The van der Waals surface area contributed by atoms with Gasteiger partial charge in [-0.15, -0.1) is 0 Å². The fourth-order valence-electron chi connectivity index (χ4n) is 3.30. The molecule has 3 aromatic rings. The highest BCUT2D eigenvalue weighted by Gasteiger charge is 2.14. The molecule has 27 heavy (non-hydrogen) atoms. The summed E-state index contributed by atoms with van der Waals surface area (Å²) < 4.78 is 1.85. The van der Waals surface area contributed by atoms with Crippen LogP contribution in [0.4, 0.5) is 11.6 Å². The summed E-state index contributed by atoms with van der Waals surface area (Å²) in [7, 11) is 0. The van der Waals surface area contributed by atoms with Crippen molar-refractivity contribution in [2.75, 3.05) is 36.4 Å². The molecular formula is C19H23N7O. The zero-order valence-corrected chi connectivity index (χ0v) is 15.1. The van der Waals surface area contributed by atoms with Crippen LogP contribution in [0.5, 0.6) is 0 Å². The van der Waals surface area contributed by atoms with Gasteiger partial charge in [-0.2, -0.15) is 0 Å². The maximum Gasteiger partial charge on any atom is 0.240 e. The van der Waals surface area contributed by atoms with Crippen molar-refractivity contribution in [3.8, 4) is 0 Å². The third-order valence-corrected chi connectivity index (χ3v) is 4.68. The highest BCUT2D eigenvalue weighted by atomic mass is 16.1. The molecule has 0 spiro atoms. The fraction of sp³-hybridized carbons (Fsp3) is 0.368. The summed E-state index contributed by atoms with van der Waals surface area (Å²) in [6.07, 6.45) is 5.71. The lowest BCUT2D eigenvalue weighted by Crippen LogP contribution is -2.31. The van der Waals surface area contributed by atoms with Crippen LogP contribution >= 0.6 is 0 Å². The molecule has 1 fully saturated rings. The van der Waals surface area contributed by atoms with E-state index in [1.54, 1.807) is 12.7 Å². The third-order valence-electron chi connectivity index (χ3n) is 4.68. The van der Waals surface area contributed by atoms with Gasteiger partial charge < -0.3 is 20.1 Å². The predicted octanol–water partition coefficient (Wildman–Crippen LogP) is 1.65. The van der Waals surface area contributed by atoms with Crippen LogP contribution in [0.2, 0.25) is 0 Å². The van der Waals surface area contributed by atoms with E-state index < -0.39 is 0 Å². The molecule has 8 nitrogen and oxygen atoms in total. The van der Waals surface area contributed by atoms with Crippen LogP contribution in [-0.4, -0.2) is 51.6 Å². The number of imidazole rings is 1. The van der Waals surface area contributed by atoms with Crippen molar-refractivity contribution in [1.29, 1.82) is 0 Å². The summed E-state index contributed by atoms with van der Waals surface area (Å²) in [5.74, 6) is 1.70. The van der Waals surface area contributed by atoms with Gasteiger partial charge in [0.2, 0.25) is 5.91 Å². The SMILES string of the molecule is O=C(Cn1cnc2ccccc21)NCCNc1cc(N2CCCC2)ncn1. The Morgan fingerprint density at radius 2 is 1.93 bits per heavy atom. The van der Waals surface area contributed by atoms with E-state index in [2.05, 4.69) is 30.5 Å². The van der Waals surface area contributed by atoms with Crippen LogP contribution in [-0.2, 0) is 11.3 Å². The number of nitrogens with one attached hydrogen (secondary N) is 2. The summed E-state index contributed by atoms with van der Waals surface area (Å²) in [5, 5.41) is 6.16. The van der Waals surface area contributed by atoms with E-state index in [1.165, 1.54) is 12.8 Å². The lowest BCUT2D eigenvalue weighted by Gasteiger charge is -2.16. The minimum Gasteiger partial charge on any atom is -0.368 e. The number of benzene rings is 1. The molecule has 2 N–H and O–H groups in total. The molecule has 0 saturated carbocycles. The Bertz CT molecular complexity index is 917. The van der Waals surface area contributed by atoms with Crippen molar-refractivity contribution < 1.29 is 4.79 Å². The zero-order valence-electron chi connectivity index (χ0n) is 15.1. The van der Waals surface area contributed by atoms with E-state index in [0.29, 0.717) is 13.1 Å². The van der Waals surface area contributed by atoms with Gasteiger partial charge in [-0.05, 0) is 25.0 Å².